The van der Waals surface area contributed by atoms with Crippen LogP contribution in [0.1, 0.15) is 34.6 Å². The van der Waals surface area contributed by atoms with Crippen molar-refractivity contribution >= 4 is 23.9 Å². The van der Waals surface area contributed by atoms with E-state index in [9.17, 15) is 4.79 Å². The Morgan fingerprint density at radius 3 is 2.00 bits per heavy atom. The average molecular weight is 422 g/mol. The van der Waals surface area contributed by atoms with Crippen LogP contribution in [-0.2, 0) is 0 Å². The number of piperazine rings is 1. The monoisotopic (exact) mass is 421 g/mol. The number of anilines is 3. The Bertz CT molecular complexity index is 641. The molecule has 170 valence electrons. The molecule has 0 saturated carbocycles. The number of aromatic nitrogens is 3. The number of carbonyl (C=O) groups is 1. The Morgan fingerprint density at radius 2 is 1.47 bits per heavy atom. The molecule has 0 aromatic carbocycles. The van der Waals surface area contributed by atoms with E-state index in [0.29, 0.717) is 17.8 Å². The van der Waals surface area contributed by atoms with E-state index in [1.54, 1.807) is 0 Å². The van der Waals surface area contributed by atoms with Crippen molar-refractivity contribution in [3.8, 4) is 0 Å². The van der Waals surface area contributed by atoms with Gasteiger partial charge in [0.05, 0.1) is 0 Å². The molecular weight excluding hydrogens is 382 g/mol. The van der Waals surface area contributed by atoms with Crippen molar-refractivity contribution < 1.29 is 4.79 Å². The molecule has 1 aromatic rings. The maximum absolute atomic E-state index is 12.5. The zero-order valence-electron chi connectivity index (χ0n) is 19.3. The van der Waals surface area contributed by atoms with Gasteiger partial charge >= 0.3 is 6.03 Å². The van der Waals surface area contributed by atoms with Crippen LogP contribution in [0, 0.1) is 0 Å². The Balaban J connectivity index is 1.86. The highest BCUT2D eigenvalue weighted by molar-refractivity contribution is 5.74. The molecule has 2 heterocycles. The number of nitrogens with one attached hydrogen (secondary N) is 2. The SMILES string of the molecule is CCNc1nc(NCCN2CCN(C(=O)N(CC)CC)CC2)nc(N(CC)CC)n1. The van der Waals surface area contributed by atoms with Crippen LogP contribution in [0.3, 0.4) is 0 Å². The second kappa shape index (κ2) is 12.4. The van der Waals surface area contributed by atoms with Gasteiger partial charge in [0.2, 0.25) is 17.8 Å². The van der Waals surface area contributed by atoms with E-state index >= 15 is 0 Å². The van der Waals surface area contributed by atoms with E-state index in [4.69, 9.17) is 0 Å². The zero-order valence-corrected chi connectivity index (χ0v) is 19.3. The van der Waals surface area contributed by atoms with Crippen LogP contribution in [0.25, 0.3) is 0 Å². The van der Waals surface area contributed by atoms with Gasteiger partial charge in [-0.3, -0.25) is 4.90 Å². The molecule has 1 aliphatic heterocycles. The smallest absolute Gasteiger partial charge is 0.320 e. The Hall–Kier alpha value is -2.36. The zero-order chi connectivity index (χ0) is 21.9. The summed E-state index contributed by atoms with van der Waals surface area (Å²) in [6.07, 6.45) is 0. The van der Waals surface area contributed by atoms with Gasteiger partial charge in [0.25, 0.3) is 0 Å². The first-order chi connectivity index (χ1) is 14.6. The van der Waals surface area contributed by atoms with Gasteiger partial charge in [-0.15, -0.1) is 0 Å². The van der Waals surface area contributed by atoms with E-state index in [-0.39, 0.29) is 6.03 Å². The molecule has 1 saturated heterocycles. The van der Waals surface area contributed by atoms with Crippen LogP contribution in [0.15, 0.2) is 0 Å². The molecule has 10 heteroatoms. The number of amides is 2. The lowest BCUT2D eigenvalue weighted by molar-refractivity contribution is 0.117. The fraction of sp³-hybridized carbons (Fsp3) is 0.800. The van der Waals surface area contributed by atoms with Gasteiger partial charge in [-0.05, 0) is 34.6 Å². The van der Waals surface area contributed by atoms with Crippen molar-refractivity contribution in [1.29, 1.82) is 0 Å². The normalized spacial score (nSPS) is 14.5. The highest BCUT2D eigenvalue weighted by Gasteiger charge is 2.23. The van der Waals surface area contributed by atoms with E-state index in [1.807, 2.05) is 30.6 Å². The van der Waals surface area contributed by atoms with Crippen LogP contribution >= 0.6 is 0 Å². The Kier molecular flexibility index (Phi) is 9.85. The summed E-state index contributed by atoms with van der Waals surface area (Å²) in [5.41, 5.74) is 0. The predicted octanol–water partition coefficient (Wildman–Crippen LogP) is 1.64. The van der Waals surface area contributed by atoms with Gasteiger partial charge < -0.3 is 25.3 Å². The molecule has 2 rings (SSSR count). The van der Waals surface area contributed by atoms with Gasteiger partial charge in [0.1, 0.15) is 0 Å². The molecule has 1 aromatic heterocycles. The first-order valence-electron chi connectivity index (χ1n) is 11.3. The fourth-order valence-electron chi connectivity index (χ4n) is 3.51. The maximum Gasteiger partial charge on any atom is 0.320 e. The molecule has 0 atom stereocenters. The predicted molar refractivity (Wildman–Crippen MR) is 122 cm³/mol. The first-order valence-corrected chi connectivity index (χ1v) is 11.3. The second-order valence-electron chi connectivity index (χ2n) is 7.20. The molecule has 1 aliphatic rings. The maximum atomic E-state index is 12.5. The van der Waals surface area contributed by atoms with Crippen LogP contribution in [0.4, 0.5) is 22.6 Å². The summed E-state index contributed by atoms with van der Waals surface area (Å²) in [5.74, 6) is 1.88. The summed E-state index contributed by atoms with van der Waals surface area (Å²) in [6, 6.07) is 0.155. The molecule has 0 aliphatic carbocycles. The van der Waals surface area contributed by atoms with E-state index < -0.39 is 0 Å². The first kappa shape index (κ1) is 23.9. The number of rotatable bonds is 11. The van der Waals surface area contributed by atoms with Crippen molar-refractivity contribution in [2.24, 2.45) is 0 Å². The van der Waals surface area contributed by atoms with Gasteiger partial charge in [0, 0.05) is 72.0 Å². The number of hydrogen-bond acceptors (Lipinski definition) is 8. The van der Waals surface area contributed by atoms with Crippen molar-refractivity contribution in [3.05, 3.63) is 0 Å². The quantitative estimate of drug-likeness (QED) is 0.557. The molecular formula is C20H39N9O. The lowest BCUT2D eigenvalue weighted by Crippen LogP contribution is -2.53. The molecule has 0 bridgehead atoms. The highest BCUT2D eigenvalue weighted by atomic mass is 16.2. The summed E-state index contributed by atoms with van der Waals surface area (Å²) >= 11 is 0. The van der Waals surface area contributed by atoms with E-state index in [2.05, 4.69) is 49.2 Å². The Morgan fingerprint density at radius 1 is 0.867 bits per heavy atom. The highest BCUT2D eigenvalue weighted by Crippen LogP contribution is 2.13. The minimum Gasteiger partial charge on any atom is -0.354 e. The van der Waals surface area contributed by atoms with Crippen LogP contribution < -0.4 is 15.5 Å². The molecule has 30 heavy (non-hydrogen) atoms. The lowest BCUT2D eigenvalue weighted by Gasteiger charge is -2.37. The van der Waals surface area contributed by atoms with Crippen molar-refractivity contribution in [2.45, 2.75) is 34.6 Å². The molecule has 0 radical (unpaired) electrons. The van der Waals surface area contributed by atoms with Crippen molar-refractivity contribution in [1.82, 2.24) is 29.7 Å². The molecule has 0 unspecified atom stereocenters. The third kappa shape index (κ3) is 6.58. The van der Waals surface area contributed by atoms with Gasteiger partial charge in [-0.25, -0.2) is 4.79 Å². The van der Waals surface area contributed by atoms with Gasteiger partial charge in [-0.2, -0.15) is 15.0 Å². The molecule has 2 N–H and O–H groups in total. The molecule has 0 spiro atoms. The van der Waals surface area contributed by atoms with Crippen LogP contribution in [0.5, 0.6) is 0 Å². The summed E-state index contributed by atoms with van der Waals surface area (Å²) in [6.45, 7) is 19.2. The standard InChI is InChI=1S/C20H39N9O/c1-6-21-17-23-18(25-19(24-17)27(7-2)8-3)22-11-12-26-13-15-29(16-14-26)20(30)28(9-4)10-5/h6-16H2,1-5H3,(H2,21,22,23,24,25). The fourth-order valence-corrected chi connectivity index (χ4v) is 3.51. The van der Waals surface area contributed by atoms with Crippen molar-refractivity contribution in [3.63, 3.8) is 0 Å². The van der Waals surface area contributed by atoms with E-state index in [0.717, 1.165) is 72.0 Å². The topological polar surface area (TPSA) is 92.8 Å². The lowest BCUT2D eigenvalue weighted by atomic mass is 10.3. The minimum absolute atomic E-state index is 0.155. The summed E-state index contributed by atoms with van der Waals surface area (Å²) in [5, 5.41) is 6.53. The largest absolute Gasteiger partial charge is 0.354 e. The number of urea groups is 1. The average Bonchev–Trinajstić information content (AvgIpc) is 2.76. The summed E-state index contributed by atoms with van der Waals surface area (Å²) in [7, 11) is 0. The Labute approximate surface area is 181 Å². The van der Waals surface area contributed by atoms with Crippen molar-refractivity contribution in [2.75, 3.05) is 87.5 Å². The van der Waals surface area contributed by atoms with Gasteiger partial charge in [0.15, 0.2) is 0 Å². The number of hydrogen-bond donors (Lipinski definition) is 2. The summed E-state index contributed by atoms with van der Waals surface area (Å²) < 4.78 is 0. The van der Waals surface area contributed by atoms with Crippen LogP contribution in [-0.4, -0.2) is 108 Å². The second-order valence-corrected chi connectivity index (χ2v) is 7.20. The number of carbonyl (C=O) groups excluding carboxylic acids is 1. The van der Waals surface area contributed by atoms with Gasteiger partial charge in [-0.1, -0.05) is 0 Å². The molecule has 1 fully saturated rings. The van der Waals surface area contributed by atoms with E-state index in [1.165, 1.54) is 0 Å². The molecule has 2 amide bonds. The van der Waals surface area contributed by atoms with Crippen LogP contribution in [0.2, 0.25) is 0 Å². The third-order valence-corrected chi connectivity index (χ3v) is 5.39. The minimum atomic E-state index is 0.155. The third-order valence-electron chi connectivity index (χ3n) is 5.39. The summed E-state index contributed by atoms with van der Waals surface area (Å²) in [4.78, 5) is 34.4. The molecule has 10 nitrogen and oxygen atoms in total. The number of nitrogens with zero attached hydrogens (tertiary/aromatic N) is 7.